The summed E-state index contributed by atoms with van der Waals surface area (Å²) < 4.78 is 7.41. The van der Waals surface area contributed by atoms with Crippen molar-refractivity contribution in [2.75, 3.05) is 24.2 Å². The fraction of sp³-hybridized carbons (Fsp3) is 0.400. The number of aromatic nitrogens is 2. The Hall–Kier alpha value is -2.17. The van der Waals surface area contributed by atoms with Gasteiger partial charge in [0.2, 0.25) is 0 Å². The van der Waals surface area contributed by atoms with E-state index >= 15 is 0 Å². The molecule has 1 aromatic carbocycles. The zero-order valence-corrected chi connectivity index (χ0v) is 12.3. The van der Waals surface area contributed by atoms with Crippen LogP contribution in [0.4, 0.5) is 11.5 Å². The number of nitrogen functional groups attached to an aromatic ring is 1. The fourth-order valence-electron chi connectivity index (χ4n) is 2.05. The number of ether oxygens (including phenoxy) is 1. The summed E-state index contributed by atoms with van der Waals surface area (Å²) in [4.78, 5) is 0. The van der Waals surface area contributed by atoms with Crippen LogP contribution in [0.3, 0.4) is 0 Å². The second kappa shape index (κ2) is 6.32. The van der Waals surface area contributed by atoms with Crippen LogP contribution in [0.15, 0.2) is 30.3 Å². The Morgan fingerprint density at radius 2 is 2.00 bits per heavy atom. The third kappa shape index (κ3) is 3.23. The number of nitrogens with two attached hydrogens (primary N) is 1. The van der Waals surface area contributed by atoms with Gasteiger partial charge in [0.15, 0.2) is 0 Å². The number of hydrogen-bond acceptors (Lipinski definition) is 4. The number of para-hydroxylation sites is 1. The van der Waals surface area contributed by atoms with E-state index in [2.05, 4.69) is 24.3 Å². The minimum atomic E-state index is 0.317. The quantitative estimate of drug-likeness (QED) is 0.795. The molecule has 20 heavy (non-hydrogen) atoms. The minimum absolute atomic E-state index is 0.317. The van der Waals surface area contributed by atoms with E-state index in [9.17, 15) is 0 Å². The van der Waals surface area contributed by atoms with Crippen molar-refractivity contribution in [3.05, 3.63) is 36.0 Å². The number of rotatable bonds is 6. The van der Waals surface area contributed by atoms with Crippen molar-refractivity contribution in [1.82, 2.24) is 9.78 Å². The smallest absolute Gasteiger partial charge is 0.147 e. The first-order chi connectivity index (χ1) is 9.59. The largest absolute Gasteiger partial charge is 0.492 e. The SMILES string of the molecule is CC(C)c1nn(C)c(NCCOc2ccccc2)c1N. The molecule has 0 unspecified atom stereocenters. The van der Waals surface area contributed by atoms with Crippen molar-refractivity contribution in [1.29, 1.82) is 0 Å². The number of aryl methyl sites for hydroxylation is 1. The van der Waals surface area contributed by atoms with Gasteiger partial charge in [-0.3, -0.25) is 4.68 Å². The Morgan fingerprint density at radius 3 is 2.60 bits per heavy atom. The number of nitrogens with one attached hydrogen (secondary N) is 1. The zero-order chi connectivity index (χ0) is 14.5. The molecule has 1 heterocycles. The molecule has 0 bridgehead atoms. The Kier molecular flexibility index (Phi) is 4.50. The molecule has 5 heteroatoms. The molecular weight excluding hydrogens is 252 g/mol. The van der Waals surface area contributed by atoms with E-state index in [0.29, 0.717) is 19.1 Å². The van der Waals surface area contributed by atoms with Crippen LogP contribution in [-0.2, 0) is 7.05 Å². The molecule has 2 aromatic rings. The van der Waals surface area contributed by atoms with Crippen LogP contribution >= 0.6 is 0 Å². The third-order valence-electron chi connectivity index (χ3n) is 3.07. The van der Waals surface area contributed by atoms with Gasteiger partial charge in [-0.2, -0.15) is 5.10 Å². The summed E-state index contributed by atoms with van der Waals surface area (Å²) in [7, 11) is 1.89. The van der Waals surface area contributed by atoms with E-state index in [-0.39, 0.29) is 0 Å². The molecule has 3 N–H and O–H groups in total. The monoisotopic (exact) mass is 274 g/mol. The number of nitrogens with zero attached hydrogens (tertiary/aromatic N) is 2. The summed E-state index contributed by atoms with van der Waals surface area (Å²) in [6, 6.07) is 9.76. The molecule has 0 atom stereocenters. The van der Waals surface area contributed by atoms with Crippen molar-refractivity contribution in [3.8, 4) is 5.75 Å². The van der Waals surface area contributed by atoms with E-state index in [4.69, 9.17) is 10.5 Å². The number of benzene rings is 1. The fourth-order valence-corrected chi connectivity index (χ4v) is 2.05. The highest BCUT2D eigenvalue weighted by Gasteiger charge is 2.15. The van der Waals surface area contributed by atoms with Crippen LogP contribution < -0.4 is 15.8 Å². The molecule has 0 saturated carbocycles. The van der Waals surface area contributed by atoms with Crippen molar-refractivity contribution in [2.24, 2.45) is 7.05 Å². The topological polar surface area (TPSA) is 65.1 Å². The van der Waals surface area contributed by atoms with Gasteiger partial charge in [0.05, 0.1) is 17.9 Å². The molecular formula is C15H22N4O. The predicted octanol–water partition coefficient (Wildman–Crippen LogP) is 2.62. The van der Waals surface area contributed by atoms with E-state index in [1.54, 1.807) is 4.68 Å². The summed E-state index contributed by atoms with van der Waals surface area (Å²) in [5.74, 6) is 2.04. The van der Waals surface area contributed by atoms with Crippen LogP contribution in [0, 0.1) is 0 Å². The van der Waals surface area contributed by atoms with Crippen LogP contribution in [0.1, 0.15) is 25.5 Å². The normalized spacial score (nSPS) is 10.8. The molecule has 0 saturated heterocycles. The van der Waals surface area contributed by atoms with Crippen LogP contribution in [-0.4, -0.2) is 22.9 Å². The summed E-state index contributed by atoms with van der Waals surface area (Å²) in [6.07, 6.45) is 0. The molecule has 0 spiro atoms. The molecule has 0 aliphatic heterocycles. The summed E-state index contributed by atoms with van der Waals surface area (Å²) in [5, 5.41) is 7.71. The van der Waals surface area contributed by atoms with E-state index in [1.165, 1.54) is 0 Å². The van der Waals surface area contributed by atoms with E-state index < -0.39 is 0 Å². The first kappa shape index (κ1) is 14.2. The highest BCUT2D eigenvalue weighted by molar-refractivity contribution is 5.65. The maximum atomic E-state index is 6.11. The second-order valence-corrected chi connectivity index (χ2v) is 5.01. The summed E-state index contributed by atoms with van der Waals surface area (Å²) in [6.45, 7) is 5.42. The molecule has 1 aromatic heterocycles. The summed E-state index contributed by atoms with van der Waals surface area (Å²) in [5.41, 5.74) is 7.77. The van der Waals surface area contributed by atoms with Crippen LogP contribution in [0.2, 0.25) is 0 Å². The van der Waals surface area contributed by atoms with Gasteiger partial charge in [-0.15, -0.1) is 0 Å². The standard InChI is InChI=1S/C15H22N4O/c1-11(2)14-13(16)15(19(3)18-14)17-9-10-20-12-7-5-4-6-8-12/h4-8,11,17H,9-10,16H2,1-3H3. The third-order valence-corrected chi connectivity index (χ3v) is 3.07. The van der Waals surface area contributed by atoms with E-state index in [0.717, 1.165) is 22.9 Å². The zero-order valence-electron chi connectivity index (χ0n) is 12.3. The van der Waals surface area contributed by atoms with Gasteiger partial charge in [0, 0.05) is 7.05 Å². The highest BCUT2D eigenvalue weighted by atomic mass is 16.5. The van der Waals surface area contributed by atoms with Crippen LogP contribution in [0.5, 0.6) is 5.75 Å². The minimum Gasteiger partial charge on any atom is -0.492 e. The maximum Gasteiger partial charge on any atom is 0.147 e. The molecule has 0 aliphatic carbocycles. The van der Waals surface area contributed by atoms with Crippen molar-refractivity contribution in [2.45, 2.75) is 19.8 Å². The molecule has 5 nitrogen and oxygen atoms in total. The van der Waals surface area contributed by atoms with Crippen molar-refractivity contribution in [3.63, 3.8) is 0 Å². The Balaban J connectivity index is 1.88. The summed E-state index contributed by atoms with van der Waals surface area (Å²) >= 11 is 0. The average molecular weight is 274 g/mol. The first-order valence-electron chi connectivity index (χ1n) is 6.83. The molecule has 0 fully saturated rings. The van der Waals surface area contributed by atoms with Gasteiger partial charge in [-0.1, -0.05) is 32.0 Å². The lowest BCUT2D eigenvalue weighted by atomic mass is 10.1. The van der Waals surface area contributed by atoms with Gasteiger partial charge < -0.3 is 15.8 Å². The van der Waals surface area contributed by atoms with Gasteiger partial charge in [0.1, 0.15) is 18.2 Å². The van der Waals surface area contributed by atoms with Gasteiger partial charge >= 0.3 is 0 Å². The molecule has 0 aliphatic rings. The maximum absolute atomic E-state index is 6.11. The lowest BCUT2D eigenvalue weighted by Crippen LogP contribution is -2.14. The molecule has 2 rings (SSSR count). The van der Waals surface area contributed by atoms with Crippen LogP contribution in [0.25, 0.3) is 0 Å². The van der Waals surface area contributed by atoms with Gasteiger partial charge in [0.25, 0.3) is 0 Å². The lowest BCUT2D eigenvalue weighted by Gasteiger charge is -2.09. The first-order valence-corrected chi connectivity index (χ1v) is 6.83. The van der Waals surface area contributed by atoms with Gasteiger partial charge in [-0.25, -0.2) is 0 Å². The number of hydrogen-bond donors (Lipinski definition) is 2. The van der Waals surface area contributed by atoms with Crippen molar-refractivity contribution >= 4 is 11.5 Å². The Bertz CT molecular complexity index is 549. The average Bonchev–Trinajstić information content (AvgIpc) is 2.72. The van der Waals surface area contributed by atoms with Gasteiger partial charge in [-0.05, 0) is 18.1 Å². The van der Waals surface area contributed by atoms with Crippen molar-refractivity contribution < 1.29 is 4.74 Å². The predicted molar refractivity (Wildman–Crippen MR) is 82.1 cm³/mol. The lowest BCUT2D eigenvalue weighted by molar-refractivity contribution is 0.332. The van der Waals surface area contributed by atoms with E-state index in [1.807, 2.05) is 37.4 Å². The molecule has 108 valence electrons. The Labute approximate surface area is 119 Å². The molecule has 0 radical (unpaired) electrons. The number of anilines is 2. The Morgan fingerprint density at radius 1 is 1.30 bits per heavy atom. The second-order valence-electron chi connectivity index (χ2n) is 5.01. The highest BCUT2D eigenvalue weighted by Crippen LogP contribution is 2.27. The molecule has 0 amide bonds.